The van der Waals surface area contributed by atoms with Gasteiger partial charge in [0.25, 0.3) is 11.1 Å². The normalized spacial score (nSPS) is 19.0. The molecule has 0 saturated carbocycles. The van der Waals surface area contributed by atoms with Crippen LogP contribution in [-0.4, -0.2) is 46.5 Å². The molecule has 0 bridgehead atoms. The van der Waals surface area contributed by atoms with Gasteiger partial charge in [-0.2, -0.15) is 0 Å². The molecule has 2 aliphatic rings. The second-order valence-electron chi connectivity index (χ2n) is 7.54. The number of nitrogens with zero attached hydrogens (tertiary/aromatic N) is 2. The van der Waals surface area contributed by atoms with Crippen molar-refractivity contribution in [2.75, 3.05) is 19.6 Å². The maximum atomic E-state index is 12.7. The Kier molecular flexibility index (Phi) is 6.79. The highest BCUT2D eigenvalue weighted by atomic mass is 35.5. The van der Waals surface area contributed by atoms with E-state index in [2.05, 4.69) is 6.92 Å². The first-order valence-corrected chi connectivity index (χ1v) is 12.0. The molecule has 3 heterocycles. The number of likely N-dealkylation sites (tertiary alicyclic amines) is 1. The zero-order chi connectivity index (χ0) is 22.0. The Hall–Kier alpha value is -2.16. The molecule has 0 atom stereocenters. The number of hydrogen-bond acceptors (Lipinski definition) is 6. The fourth-order valence-electron chi connectivity index (χ4n) is 3.34. The van der Waals surface area contributed by atoms with Crippen LogP contribution >= 0.6 is 35.1 Å². The van der Waals surface area contributed by atoms with Crippen molar-refractivity contribution in [3.63, 3.8) is 0 Å². The van der Waals surface area contributed by atoms with E-state index in [0.29, 0.717) is 34.9 Å². The minimum atomic E-state index is -0.461. The molecule has 0 N–H and O–H groups in total. The molecule has 2 aliphatic heterocycles. The third-order valence-corrected chi connectivity index (χ3v) is 7.30. The Bertz CT molecular complexity index is 1030. The number of rotatable bonds is 5. The fraction of sp³-hybridized carbons (Fsp3) is 0.318. The van der Waals surface area contributed by atoms with Crippen LogP contribution in [0.25, 0.3) is 6.08 Å². The van der Waals surface area contributed by atoms with E-state index >= 15 is 0 Å². The van der Waals surface area contributed by atoms with Crippen LogP contribution in [0.2, 0.25) is 5.02 Å². The summed E-state index contributed by atoms with van der Waals surface area (Å²) >= 11 is 8.16. The van der Waals surface area contributed by atoms with E-state index in [-0.39, 0.29) is 17.4 Å². The zero-order valence-corrected chi connectivity index (χ0v) is 19.3. The molecule has 2 aromatic rings. The average Bonchev–Trinajstić information content (AvgIpc) is 3.29. The van der Waals surface area contributed by atoms with Crippen LogP contribution in [0.1, 0.15) is 25.5 Å². The van der Waals surface area contributed by atoms with Crippen LogP contribution in [0.3, 0.4) is 0 Å². The standard InChI is InChI=1S/C22H21ClN2O4S2/c1-14-8-10-24(11-9-14)19(26)13-25-21(27)18(31-22(25)28)12-16-4-7-20(29-16)30-17-5-2-15(23)3-6-17/h2-7,12,14H,8-11,13H2,1H3/b18-12-. The maximum Gasteiger partial charge on any atom is 0.294 e. The summed E-state index contributed by atoms with van der Waals surface area (Å²) in [5, 5.41) is 0.883. The second-order valence-corrected chi connectivity index (χ2v) is 10.1. The van der Waals surface area contributed by atoms with Gasteiger partial charge in [-0.05, 0) is 66.9 Å². The van der Waals surface area contributed by atoms with Gasteiger partial charge < -0.3 is 9.32 Å². The molecule has 162 valence electrons. The molecule has 0 aliphatic carbocycles. The molecule has 9 heteroatoms. The minimum absolute atomic E-state index is 0.185. The number of carbonyl (C=O) groups excluding carboxylic acids is 3. The number of piperidine rings is 1. The van der Waals surface area contributed by atoms with Gasteiger partial charge >= 0.3 is 0 Å². The van der Waals surface area contributed by atoms with E-state index < -0.39 is 11.1 Å². The predicted molar refractivity (Wildman–Crippen MR) is 122 cm³/mol. The molecule has 31 heavy (non-hydrogen) atoms. The van der Waals surface area contributed by atoms with E-state index in [9.17, 15) is 14.4 Å². The van der Waals surface area contributed by atoms with Crippen LogP contribution in [0, 0.1) is 5.92 Å². The number of imide groups is 1. The predicted octanol–water partition coefficient (Wildman–Crippen LogP) is 5.38. The highest BCUT2D eigenvalue weighted by Gasteiger charge is 2.37. The summed E-state index contributed by atoms with van der Waals surface area (Å²) in [5.74, 6) is 0.422. The van der Waals surface area contributed by atoms with Crippen molar-refractivity contribution in [3.05, 3.63) is 52.1 Å². The molecule has 0 spiro atoms. The second kappa shape index (κ2) is 9.54. The first-order chi connectivity index (χ1) is 14.9. The lowest BCUT2D eigenvalue weighted by Crippen LogP contribution is -2.45. The highest BCUT2D eigenvalue weighted by molar-refractivity contribution is 8.18. The van der Waals surface area contributed by atoms with Gasteiger partial charge in [-0.3, -0.25) is 19.3 Å². The Balaban J connectivity index is 1.39. The molecule has 4 rings (SSSR count). The van der Waals surface area contributed by atoms with Crippen molar-refractivity contribution >= 4 is 58.3 Å². The van der Waals surface area contributed by atoms with Crippen molar-refractivity contribution in [3.8, 4) is 0 Å². The lowest BCUT2D eigenvalue weighted by atomic mass is 9.99. The molecule has 3 amide bonds. The van der Waals surface area contributed by atoms with Gasteiger partial charge in [-0.1, -0.05) is 30.3 Å². The van der Waals surface area contributed by atoms with Crippen molar-refractivity contribution in [2.45, 2.75) is 29.8 Å². The first kappa shape index (κ1) is 22.0. The molecule has 2 saturated heterocycles. The first-order valence-electron chi connectivity index (χ1n) is 9.95. The molecular weight excluding hydrogens is 456 g/mol. The van der Waals surface area contributed by atoms with Gasteiger partial charge in [0.15, 0.2) is 5.09 Å². The van der Waals surface area contributed by atoms with Crippen molar-refractivity contribution in [1.82, 2.24) is 9.80 Å². The summed E-state index contributed by atoms with van der Waals surface area (Å²) < 4.78 is 5.77. The average molecular weight is 477 g/mol. The highest BCUT2D eigenvalue weighted by Crippen LogP contribution is 2.35. The summed E-state index contributed by atoms with van der Waals surface area (Å²) in [5.41, 5.74) is 0. The molecule has 2 fully saturated rings. The molecule has 1 aromatic heterocycles. The Morgan fingerprint density at radius 2 is 1.90 bits per heavy atom. The van der Waals surface area contributed by atoms with Crippen molar-refractivity contribution in [2.24, 2.45) is 5.92 Å². The van der Waals surface area contributed by atoms with E-state index in [1.165, 1.54) is 11.8 Å². The largest absolute Gasteiger partial charge is 0.450 e. The van der Waals surface area contributed by atoms with Gasteiger partial charge in [0.1, 0.15) is 12.3 Å². The summed E-state index contributed by atoms with van der Waals surface area (Å²) in [7, 11) is 0. The van der Waals surface area contributed by atoms with Crippen LogP contribution in [-0.2, 0) is 9.59 Å². The smallest absolute Gasteiger partial charge is 0.294 e. The lowest BCUT2D eigenvalue weighted by Gasteiger charge is -2.31. The van der Waals surface area contributed by atoms with E-state index in [0.717, 1.165) is 34.4 Å². The molecular formula is C22H21ClN2O4S2. The third-order valence-electron chi connectivity index (χ3n) is 5.21. The summed E-state index contributed by atoms with van der Waals surface area (Å²) in [4.78, 5) is 41.6. The minimum Gasteiger partial charge on any atom is -0.450 e. The van der Waals surface area contributed by atoms with E-state index in [1.54, 1.807) is 35.2 Å². The summed E-state index contributed by atoms with van der Waals surface area (Å²) in [6, 6.07) is 10.9. The molecule has 6 nitrogen and oxygen atoms in total. The number of halogens is 1. The monoisotopic (exact) mass is 476 g/mol. The van der Waals surface area contributed by atoms with Crippen LogP contribution in [0.5, 0.6) is 0 Å². The number of benzene rings is 1. The van der Waals surface area contributed by atoms with Crippen LogP contribution in [0.4, 0.5) is 4.79 Å². The Morgan fingerprint density at radius 1 is 1.19 bits per heavy atom. The zero-order valence-electron chi connectivity index (χ0n) is 16.9. The Morgan fingerprint density at radius 3 is 2.61 bits per heavy atom. The summed E-state index contributed by atoms with van der Waals surface area (Å²) in [6.07, 6.45) is 3.44. The molecule has 0 radical (unpaired) electrons. The van der Waals surface area contributed by atoms with Crippen molar-refractivity contribution in [1.29, 1.82) is 0 Å². The maximum absolute atomic E-state index is 12.7. The van der Waals surface area contributed by atoms with Gasteiger partial charge in [0, 0.05) is 29.1 Å². The SMILES string of the molecule is CC1CCN(C(=O)CN2C(=O)S/C(=C\c3ccc(Sc4ccc(Cl)cc4)o3)C2=O)CC1. The molecule has 1 aromatic carbocycles. The Labute approximate surface area is 194 Å². The van der Waals surface area contributed by atoms with Gasteiger partial charge in [0.05, 0.1) is 4.91 Å². The van der Waals surface area contributed by atoms with Crippen LogP contribution < -0.4 is 0 Å². The van der Waals surface area contributed by atoms with Gasteiger partial charge in [-0.25, -0.2) is 0 Å². The van der Waals surface area contributed by atoms with Gasteiger partial charge in [-0.15, -0.1) is 0 Å². The third kappa shape index (κ3) is 5.37. The van der Waals surface area contributed by atoms with E-state index in [4.69, 9.17) is 16.0 Å². The lowest BCUT2D eigenvalue weighted by molar-refractivity contribution is -0.136. The number of furan rings is 1. The van der Waals surface area contributed by atoms with Crippen molar-refractivity contribution < 1.29 is 18.8 Å². The van der Waals surface area contributed by atoms with E-state index in [1.807, 2.05) is 12.1 Å². The number of hydrogen-bond donors (Lipinski definition) is 0. The number of carbonyl (C=O) groups is 3. The topological polar surface area (TPSA) is 70.8 Å². The summed E-state index contributed by atoms with van der Waals surface area (Å²) in [6.45, 7) is 3.29. The number of amides is 3. The quantitative estimate of drug-likeness (QED) is 0.539. The fourth-order valence-corrected chi connectivity index (χ4v) is 5.07. The van der Waals surface area contributed by atoms with Gasteiger partial charge in [0.2, 0.25) is 5.91 Å². The van der Waals surface area contributed by atoms with Crippen LogP contribution in [0.15, 0.2) is 55.7 Å². The number of thioether (sulfide) groups is 1. The molecule has 0 unspecified atom stereocenters.